The van der Waals surface area contributed by atoms with Crippen molar-refractivity contribution in [3.8, 4) is 11.3 Å². The van der Waals surface area contributed by atoms with Crippen LogP contribution in [-0.4, -0.2) is 26.6 Å². The van der Waals surface area contributed by atoms with Gasteiger partial charge >= 0.3 is 6.09 Å². The van der Waals surface area contributed by atoms with Gasteiger partial charge in [-0.15, -0.1) is 0 Å². The van der Waals surface area contributed by atoms with E-state index in [2.05, 4.69) is 15.5 Å². The normalized spacial score (nSPS) is 11.9. The van der Waals surface area contributed by atoms with E-state index in [1.54, 1.807) is 30.5 Å². The lowest BCUT2D eigenvalue weighted by molar-refractivity contribution is 0.108. The fraction of sp³-hybridized carbons (Fsp3) is 0.0909. The first-order valence-corrected chi connectivity index (χ1v) is 9.49. The highest BCUT2D eigenvalue weighted by atomic mass is 35.5. The summed E-state index contributed by atoms with van der Waals surface area (Å²) in [6.07, 6.45) is 0.867. The molecule has 7 nitrogen and oxygen atoms in total. The average Bonchev–Trinajstić information content (AvgIpc) is 3.17. The number of amides is 1. The number of hydrogen-bond acceptors (Lipinski definition) is 5. The number of para-hydroxylation sites is 1. The summed E-state index contributed by atoms with van der Waals surface area (Å²) >= 11 is 5.66. The molecular weight excluding hydrogens is 406 g/mol. The summed E-state index contributed by atoms with van der Waals surface area (Å²) in [5.74, 6) is 0. The number of halogens is 1. The van der Waals surface area contributed by atoms with Crippen molar-refractivity contribution in [2.45, 2.75) is 12.5 Å². The molecule has 0 saturated heterocycles. The van der Waals surface area contributed by atoms with Crippen molar-refractivity contribution in [3.05, 3.63) is 83.7 Å². The smallest absolute Gasteiger partial charge is 0.405 e. The van der Waals surface area contributed by atoms with E-state index in [1.807, 2.05) is 36.4 Å². The minimum Gasteiger partial charge on any atom is -0.465 e. The van der Waals surface area contributed by atoms with Crippen LogP contribution in [0.2, 0.25) is 0 Å². The van der Waals surface area contributed by atoms with Crippen molar-refractivity contribution in [2.75, 3.05) is 0 Å². The predicted molar refractivity (Wildman–Crippen MR) is 111 cm³/mol. The molecule has 0 radical (unpaired) electrons. The van der Waals surface area contributed by atoms with Gasteiger partial charge in [0.1, 0.15) is 5.69 Å². The molecule has 0 bridgehead atoms. The number of pyridine rings is 1. The second-order valence-electron chi connectivity index (χ2n) is 6.60. The predicted octanol–water partition coefficient (Wildman–Crippen LogP) is 4.82. The quantitative estimate of drug-likeness (QED) is 0.432. The largest absolute Gasteiger partial charge is 0.465 e. The lowest BCUT2D eigenvalue weighted by Crippen LogP contribution is -2.29. The zero-order valence-electron chi connectivity index (χ0n) is 15.6. The summed E-state index contributed by atoms with van der Waals surface area (Å²) in [6, 6.07) is 17.3. The Morgan fingerprint density at radius 3 is 2.60 bits per heavy atom. The lowest BCUT2D eigenvalue weighted by Gasteiger charge is -2.20. The average molecular weight is 422 g/mol. The summed E-state index contributed by atoms with van der Waals surface area (Å²) in [6.45, 7) is 0. The zero-order chi connectivity index (χ0) is 21.1. The number of carbonyl (C=O) groups excluding carboxylic acids is 1. The Morgan fingerprint density at radius 1 is 1.07 bits per heavy atom. The van der Waals surface area contributed by atoms with Gasteiger partial charge in [0.2, 0.25) is 0 Å². The maximum atomic E-state index is 11.7. The molecule has 0 aliphatic carbocycles. The van der Waals surface area contributed by atoms with E-state index in [-0.39, 0.29) is 11.1 Å². The van der Waals surface area contributed by atoms with Gasteiger partial charge in [-0.1, -0.05) is 41.6 Å². The number of benzene rings is 2. The summed E-state index contributed by atoms with van der Waals surface area (Å²) < 4.78 is 5.43. The third kappa shape index (κ3) is 3.88. The van der Waals surface area contributed by atoms with Crippen LogP contribution in [0.3, 0.4) is 0 Å². The molecule has 0 fully saturated rings. The monoisotopic (exact) mass is 421 g/mol. The molecule has 2 aromatic heterocycles. The van der Waals surface area contributed by atoms with E-state index in [9.17, 15) is 14.7 Å². The van der Waals surface area contributed by atoms with E-state index < -0.39 is 17.4 Å². The molecule has 2 heterocycles. The number of hydrogen-bond donors (Lipinski definition) is 2. The molecule has 8 heteroatoms. The molecule has 0 saturated carbocycles. The van der Waals surface area contributed by atoms with Crippen molar-refractivity contribution in [2.24, 2.45) is 0 Å². The van der Waals surface area contributed by atoms with Crippen molar-refractivity contribution in [1.82, 2.24) is 15.5 Å². The topological polar surface area (TPSA) is 105 Å². The van der Waals surface area contributed by atoms with Gasteiger partial charge in [-0.05, 0) is 41.4 Å². The van der Waals surface area contributed by atoms with Gasteiger partial charge in [0, 0.05) is 23.9 Å². The van der Waals surface area contributed by atoms with E-state index in [4.69, 9.17) is 16.1 Å². The Bertz CT molecular complexity index is 1220. The van der Waals surface area contributed by atoms with Gasteiger partial charge in [0.15, 0.2) is 5.58 Å². The van der Waals surface area contributed by atoms with Gasteiger partial charge in [-0.25, -0.2) is 4.79 Å². The standard InChI is InChI=1S/C22H16ClN3O4/c23-21(27)17-10-5-9-16-19(26-30-20(16)17)15-8-2-1-7-14(15)18(25-22(28)29)12-13-6-3-4-11-24-13/h1-11,18,25H,12H2,(H,28,29). The molecule has 1 amide bonds. The molecule has 0 aliphatic rings. The molecule has 4 rings (SSSR count). The minimum absolute atomic E-state index is 0.221. The molecule has 1 atom stereocenters. The van der Waals surface area contributed by atoms with Crippen LogP contribution in [-0.2, 0) is 6.42 Å². The SMILES string of the molecule is O=C(O)NC(Cc1ccccn1)c1ccccc1-c1noc2c(C(=O)Cl)cccc12. The Morgan fingerprint density at radius 2 is 1.87 bits per heavy atom. The fourth-order valence-electron chi connectivity index (χ4n) is 3.44. The van der Waals surface area contributed by atoms with Gasteiger partial charge in [0.05, 0.1) is 17.0 Å². The number of nitrogens with zero attached hydrogens (tertiary/aromatic N) is 2. The second kappa shape index (κ2) is 8.34. The molecule has 0 spiro atoms. The van der Waals surface area contributed by atoms with Crippen LogP contribution in [0.1, 0.15) is 27.7 Å². The third-order valence-corrected chi connectivity index (χ3v) is 4.94. The molecule has 1 unspecified atom stereocenters. The van der Waals surface area contributed by atoms with Crippen LogP contribution in [0.4, 0.5) is 4.79 Å². The van der Waals surface area contributed by atoms with Crippen molar-refractivity contribution in [3.63, 3.8) is 0 Å². The summed E-state index contributed by atoms with van der Waals surface area (Å²) in [7, 11) is 0. The van der Waals surface area contributed by atoms with Gasteiger partial charge < -0.3 is 14.9 Å². The lowest BCUT2D eigenvalue weighted by atomic mass is 9.93. The molecule has 150 valence electrons. The first kappa shape index (κ1) is 19.6. The number of fused-ring (bicyclic) bond motifs is 1. The van der Waals surface area contributed by atoms with E-state index in [0.717, 1.165) is 5.69 Å². The van der Waals surface area contributed by atoms with Gasteiger partial charge in [-0.2, -0.15) is 0 Å². The molecule has 0 aliphatic heterocycles. The number of carboxylic acid groups (broad SMARTS) is 1. The second-order valence-corrected chi connectivity index (χ2v) is 6.94. The first-order chi connectivity index (χ1) is 14.5. The molecule has 30 heavy (non-hydrogen) atoms. The summed E-state index contributed by atoms with van der Waals surface area (Å²) in [5.41, 5.74) is 3.15. The number of nitrogens with one attached hydrogen (secondary N) is 1. The number of rotatable bonds is 6. The summed E-state index contributed by atoms with van der Waals surface area (Å²) in [4.78, 5) is 27.5. The molecule has 4 aromatic rings. The highest BCUT2D eigenvalue weighted by Gasteiger charge is 2.23. The summed E-state index contributed by atoms with van der Waals surface area (Å²) in [5, 5.41) is 16.1. The Hall–Kier alpha value is -3.71. The van der Waals surface area contributed by atoms with Crippen LogP contribution < -0.4 is 5.32 Å². The van der Waals surface area contributed by atoms with Crippen LogP contribution in [0.25, 0.3) is 22.2 Å². The van der Waals surface area contributed by atoms with E-state index >= 15 is 0 Å². The van der Waals surface area contributed by atoms with Crippen LogP contribution >= 0.6 is 11.6 Å². The zero-order valence-corrected chi connectivity index (χ0v) is 16.3. The molecular formula is C22H16ClN3O4. The number of aromatic nitrogens is 2. The Balaban J connectivity index is 1.83. The minimum atomic E-state index is -1.15. The van der Waals surface area contributed by atoms with Crippen molar-refractivity contribution >= 4 is 33.9 Å². The van der Waals surface area contributed by atoms with Crippen LogP contribution in [0, 0.1) is 0 Å². The number of carbonyl (C=O) groups is 2. The van der Waals surface area contributed by atoms with Gasteiger partial charge in [-0.3, -0.25) is 9.78 Å². The Kier molecular flexibility index (Phi) is 5.45. The maximum Gasteiger partial charge on any atom is 0.405 e. The van der Waals surface area contributed by atoms with Crippen molar-refractivity contribution < 1.29 is 19.2 Å². The Labute approximate surface area is 176 Å². The maximum absolute atomic E-state index is 11.7. The van der Waals surface area contributed by atoms with Crippen molar-refractivity contribution in [1.29, 1.82) is 0 Å². The van der Waals surface area contributed by atoms with E-state index in [1.165, 1.54) is 0 Å². The molecule has 2 aromatic carbocycles. The first-order valence-electron chi connectivity index (χ1n) is 9.11. The molecule has 2 N–H and O–H groups in total. The highest BCUT2D eigenvalue weighted by Crippen LogP contribution is 2.35. The van der Waals surface area contributed by atoms with E-state index in [0.29, 0.717) is 28.6 Å². The fourth-order valence-corrected chi connectivity index (χ4v) is 3.59. The van der Waals surface area contributed by atoms with Gasteiger partial charge in [0.25, 0.3) is 5.24 Å². The highest BCUT2D eigenvalue weighted by molar-refractivity contribution is 6.68. The third-order valence-electron chi connectivity index (χ3n) is 4.74. The van der Waals surface area contributed by atoms with Crippen LogP contribution in [0.15, 0.2) is 71.4 Å². The van der Waals surface area contributed by atoms with Crippen LogP contribution in [0.5, 0.6) is 0 Å².